The number of benzene rings is 3. The molecule has 0 atom stereocenters. The SMILES string of the molecule is Cc1cccc(OCCCC(=O)N2CCSc3c(-c4cnn(Cc5c(F)cc(C(=O)O)cc5Cl)c4)cccc32)c1C. The molecule has 0 bridgehead atoms. The number of carbonyl (C=O) groups excluding carboxylic acids is 1. The van der Waals surface area contributed by atoms with Gasteiger partial charge < -0.3 is 14.7 Å². The average Bonchev–Trinajstić information content (AvgIpc) is 3.42. The minimum Gasteiger partial charge on any atom is -0.493 e. The summed E-state index contributed by atoms with van der Waals surface area (Å²) in [5, 5.41) is 13.5. The molecule has 7 nitrogen and oxygen atoms in total. The summed E-state index contributed by atoms with van der Waals surface area (Å²) in [7, 11) is 0. The predicted molar refractivity (Wildman–Crippen MR) is 159 cm³/mol. The van der Waals surface area contributed by atoms with E-state index in [4.69, 9.17) is 21.4 Å². The first-order valence-corrected chi connectivity index (χ1v) is 14.6. The van der Waals surface area contributed by atoms with Crippen LogP contribution >= 0.6 is 23.4 Å². The number of ether oxygens (including phenoxy) is 1. The number of carbonyl (C=O) groups is 2. The van der Waals surface area contributed by atoms with Crippen LogP contribution in [0.1, 0.15) is 39.9 Å². The van der Waals surface area contributed by atoms with Crippen molar-refractivity contribution >= 4 is 40.9 Å². The molecule has 0 unspecified atom stereocenters. The third-order valence-electron chi connectivity index (χ3n) is 7.15. The maximum absolute atomic E-state index is 14.6. The Hall–Kier alpha value is -3.82. The number of nitrogens with zero attached hydrogens (tertiary/aromatic N) is 3. The van der Waals surface area contributed by atoms with Crippen LogP contribution in [0.3, 0.4) is 0 Å². The molecule has 3 aromatic carbocycles. The van der Waals surface area contributed by atoms with Crippen LogP contribution in [-0.4, -0.2) is 45.7 Å². The van der Waals surface area contributed by atoms with Crippen molar-refractivity contribution in [2.24, 2.45) is 0 Å². The fourth-order valence-corrected chi connectivity index (χ4v) is 6.20. The van der Waals surface area contributed by atoms with Crippen molar-refractivity contribution in [2.75, 3.05) is 23.8 Å². The first-order chi connectivity index (χ1) is 19.7. The molecule has 0 saturated heterocycles. The molecule has 1 aliphatic heterocycles. The molecule has 212 valence electrons. The van der Waals surface area contributed by atoms with Gasteiger partial charge in [-0.1, -0.05) is 35.9 Å². The number of carboxylic acids is 1. The number of fused-ring (bicyclic) bond motifs is 1. The molecule has 1 amide bonds. The van der Waals surface area contributed by atoms with Crippen molar-refractivity contribution in [1.82, 2.24) is 9.78 Å². The van der Waals surface area contributed by atoms with E-state index in [1.54, 1.807) is 28.8 Å². The standard InChI is InChI=1S/C31H29ClFN3O4S/c1-19-6-3-9-28(20(19)2)40-12-5-10-29(37)36-11-13-41-30-23(7-4-8-27(30)36)22-16-34-35(17-22)18-24-25(32)14-21(31(38)39)15-26(24)33/h3-4,6-9,14-17H,5,10-13,18H2,1-2H3,(H,38,39). The largest absolute Gasteiger partial charge is 0.493 e. The molecule has 2 heterocycles. The molecule has 0 radical (unpaired) electrons. The van der Waals surface area contributed by atoms with E-state index >= 15 is 0 Å². The van der Waals surface area contributed by atoms with Gasteiger partial charge in [0, 0.05) is 51.5 Å². The number of anilines is 1. The third-order valence-corrected chi connectivity index (χ3v) is 8.59. The molecular formula is C31H29ClFN3O4S. The Balaban J connectivity index is 1.28. The van der Waals surface area contributed by atoms with Crippen LogP contribution in [0.5, 0.6) is 5.75 Å². The van der Waals surface area contributed by atoms with Gasteiger partial charge >= 0.3 is 5.97 Å². The zero-order chi connectivity index (χ0) is 29.1. The molecule has 0 fully saturated rings. The normalized spacial score (nSPS) is 12.7. The smallest absolute Gasteiger partial charge is 0.335 e. The van der Waals surface area contributed by atoms with Gasteiger partial charge in [0.15, 0.2) is 0 Å². The number of carboxylic acid groups (broad SMARTS) is 1. The number of hydrogen-bond donors (Lipinski definition) is 1. The lowest BCUT2D eigenvalue weighted by Crippen LogP contribution is -2.35. The molecule has 0 aliphatic carbocycles. The van der Waals surface area contributed by atoms with E-state index < -0.39 is 11.8 Å². The Morgan fingerprint density at radius 3 is 2.76 bits per heavy atom. The van der Waals surface area contributed by atoms with Crippen LogP contribution in [0.4, 0.5) is 10.1 Å². The summed E-state index contributed by atoms with van der Waals surface area (Å²) >= 11 is 7.88. The van der Waals surface area contributed by atoms with Gasteiger partial charge in [-0.05, 0) is 55.7 Å². The van der Waals surface area contributed by atoms with Gasteiger partial charge in [0.25, 0.3) is 0 Å². The Kier molecular flexibility index (Phi) is 8.65. The van der Waals surface area contributed by atoms with Crippen molar-refractivity contribution in [1.29, 1.82) is 0 Å². The first-order valence-electron chi connectivity index (χ1n) is 13.2. The number of thioether (sulfide) groups is 1. The lowest BCUT2D eigenvalue weighted by molar-refractivity contribution is -0.118. The summed E-state index contributed by atoms with van der Waals surface area (Å²) < 4.78 is 22.1. The summed E-state index contributed by atoms with van der Waals surface area (Å²) in [6, 6.07) is 14.0. The highest BCUT2D eigenvalue weighted by Crippen LogP contribution is 2.42. The second-order valence-corrected chi connectivity index (χ2v) is 11.4. The van der Waals surface area contributed by atoms with Crippen LogP contribution in [0, 0.1) is 19.7 Å². The fourth-order valence-electron chi connectivity index (χ4n) is 4.78. The second-order valence-electron chi connectivity index (χ2n) is 9.85. The second kappa shape index (κ2) is 12.4. The lowest BCUT2D eigenvalue weighted by atomic mass is 10.1. The maximum atomic E-state index is 14.6. The fraction of sp³-hybridized carbons (Fsp3) is 0.258. The molecule has 10 heteroatoms. The first kappa shape index (κ1) is 28.7. The van der Waals surface area contributed by atoms with E-state index in [2.05, 4.69) is 5.10 Å². The van der Waals surface area contributed by atoms with E-state index in [9.17, 15) is 14.0 Å². The van der Waals surface area contributed by atoms with E-state index in [1.807, 2.05) is 55.1 Å². The Labute approximate surface area is 246 Å². The number of halogens is 2. The highest BCUT2D eigenvalue weighted by atomic mass is 35.5. The minimum absolute atomic E-state index is 0.0284. The van der Waals surface area contributed by atoms with Crippen LogP contribution < -0.4 is 9.64 Å². The van der Waals surface area contributed by atoms with E-state index in [-0.39, 0.29) is 28.6 Å². The Morgan fingerprint density at radius 2 is 1.98 bits per heavy atom. The van der Waals surface area contributed by atoms with Gasteiger partial charge in [-0.15, -0.1) is 11.8 Å². The maximum Gasteiger partial charge on any atom is 0.335 e. The average molecular weight is 594 g/mol. The Bertz CT molecular complexity index is 1600. The van der Waals surface area contributed by atoms with Gasteiger partial charge in [0.2, 0.25) is 5.91 Å². The summed E-state index contributed by atoms with van der Waals surface area (Å²) in [6.07, 6.45) is 4.48. The molecule has 41 heavy (non-hydrogen) atoms. The summed E-state index contributed by atoms with van der Waals surface area (Å²) in [6.45, 7) is 5.22. The third kappa shape index (κ3) is 6.26. The predicted octanol–water partition coefficient (Wildman–Crippen LogP) is 7.00. The number of aromatic nitrogens is 2. The van der Waals surface area contributed by atoms with Crippen LogP contribution in [-0.2, 0) is 11.3 Å². The van der Waals surface area contributed by atoms with E-state index in [0.717, 1.165) is 44.8 Å². The topological polar surface area (TPSA) is 84.7 Å². The van der Waals surface area contributed by atoms with Gasteiger partial charge in [0.1, 0.15) is 11.6 Å². The molecule has 0 spiro atoms. The number of rotatable bonds is 9. The quantitative estimate of drug-likeness (QED) is 0.210. The van der Waals surface area contributed by atoms with Crippen molar-refractivity contribution in [2.45, 2.75) is 38.1 Å². The minimum atomic E-state index is -1.25. The van der Waals surface area contributed by atoms with Crippen molar-refractivity contribution < 1.29 is 23.8 Å². The molecule has 4 aromatic rings. The van der Waals surface area contributed by atoms with Crippen LogP contribution in [0.2, 0.25) is 5.02 Å². The van der Waals surface area contributed by atoms with Crippen LogP contribution in [0.25, 0.3) is 11.1 Å². The molecule has 1 aromatic heterocycles. The highest BCUT2D eigenvalue weighted by Gasteiger charge is 2.25. The number of amides is 1. The van der Waals surface area contributed by atoms with Crippen molar-refractivity contribution in [3.63, 3.8) is 0 Å². The van der Waals surface area contributed by atoms with Gasteiger partial charge in [-0.2, -0.15) is 5.10 Å². The molecule has 1 N–H and O–H groups in total. The van der Waals surface area contributed by atoms with Gasteiger partial charge in [-0.25, -0.2) is 9.18 Å². The zero-order valence-corrected chi connectivity index (χ0v) is 24.3. The molecule has 5 rings (SSSR count). The molecule has 1 aliphatic rings. The van der Waals surface area contributed by atoms with Crippen LogP contribution in [0.15, 0.2) is 65.8 Å². The summed E-state index contributed by atoms with van der Waals surface area (Å²) in [5.74, 6) is -0.278. The number of hydrogen-bond acceptors (Lipinski definition) is 5. The highest BCUT2D eigenvalue weighted by molar-refractivity contribution is 7.99. The summed E-state index contributed by atoms with van der Waals surface area (Å²) in [4.78, 5) is 27.3. The Morgan fingerprint density at radius 1 is 1.17 bits per heavy atom. The lowest BCUT2D eigenvalue weighted by Gasteiger charge is -2.30. The van der Waals surface area contributed by atoms with E-state index in [0.29, 0.717) is 26.0 Å². The van der Waals surface area contributed by atoms with Crippen molar-refractivity contribution in [3.8, 4) is 16.9 Å². The number of aryl methyl sites for hydroxylation is 1. The summed E-state index contributed by atoms with van der Waals surface area (Å²) in [5.41, 5.74) is 4.86. The van der Waals surface area contributed by atoms with Gasteiger partial charge in [0.05, 0.1) is 30.6 Å². The molecule has 0 saturated carbocycles. The number of aromatic carboxylic acids is 1. The molecular weight excluding hydrogens is 565 g/mol. The van der Waals surface area contributed by atoms with E-state index in [1.165, 1.54) is 11.6 Å². The van der Waals surface area contributed by atoms with Crippen molar-refractivity contribution in [3.05, 3.63) is 94.0 Å². The monoisotopic (exact) mass is 593 g/mol. The van der Waals surface area contributed by atoms with Gasteiger partial charge in [-0.3, -0.25) is 9.48 Å². The zero-order valence-electron chi connectivity index (χ0n) is 22.7.